The predicted octanol–water partition coefficient (Wildman–Crippen LogP) is 2.03. The van der Waals surface area contributed by atoms with Crippen LogP contribution in [0.15, 0.2) is 30.3 Å². The van der Waals surface area contributed by atoms with E-state index in [9.17, 15) is 4.79 Å². The van der Waals surface area contributed by atoms with Gasteiger partial charge in [-0.25, -0.2) is 0 Å². The van der Waals surface area contributed by atoms with Crippen LogP contribution in [-0.2, 0) is 16.1 Å². The van der Waals surface area contributed by atoms with E-state index < -0.39 is 18.1 Å². The fraction of sp³-hybridized carbons (Fsp3) is 0.500. The Kier molecular flexibility index (Phi) is 5.82. The molecule has 0 saturated heterocycles. The maximum Gasteiger partial charge on any atom is 0.323 e. The van der Waals surface area contributed by atoms with E-state index in [2.05, 4.69) is 0 Å². The van der Waals surface area contributed by atoms with Gasteiger partial charge in [0.25, 0.3) is 0 Å². The van der Waals surface area contributed by atoms with E-state index in [1.165, 1.54) is 0 Å². The minimum absolute atomic E-state index is 0.344. The lowest BCUT2D eigenvalue weighted by atomic mass is 10.0. The van der Waals surface area contributed by atoms with Crippen LogP contribution in [0.4, 0.5) is 0 Å². The van der Waals surface area contributed by atoms with Crippen molar-refractivity contribution >= 4 is 5.97 Å². The SMILES string of the molecule is CC(C)C[C@@H](OCc1ccccc1)[C@H](N)C(=O)O. The number of ether oxygens (including phenoxy) is 1. The van der Waals surface area contributed by atoms with Crippen LogP contribution in [0.25, 0.3) is 0 Å². The molecule has 1 aromatic carbocycles. The fourth-order valence-electron chi connectivity index (χ4n) is 1.72. The average molecular weight is 251 g/mol. The van der Waals surface area contributed by atoms with Gasteiger partial charge in [0.1, 0.15) is 6.04 Å². The molecule has 0 aliphatic carbocycles. The van der Waals surface area contributed by atoms with Gasteiger partial charge in [-0.05, 0) is 17.9 Å². The summed E-state index contributed by atoms with van der Waals surface area (Å²) in [6.07, 6.45) is 0.183. The number of benzene rings is 1. The summed E-state index contributed by atoms with van der Waals surface area (Å²) in [6.45, 7) is 4.43. The van der Waals surface area contributed by atoms with Gasteiger partial charge in [-0.15, -0.1) is 0 Å². The summed E-state index contributed by atoms with van der Waals surface area (Å²) in [7, 11) is 0. The number of rotatable bonds is 7. The molecule has 0 saturated carbocycles. The molecular formula is C14H21NO3. The van der Waals surface area contributed by atoms with Crippen LogP contribution in [0.2, 0.25) is 0 Å². The molecule has 0 aliphatic rings. The molecule has 1 rings (SSSR count). The smallest absolute Gasteiger partial charge is 0.323 e. The summed E-state index contributed by atoms with van der Waals surface area (Å²) in [5.41, 5.74) is 6.67. The third-order valence-corrected chi connectivity index (χ3v) is 2.70. The number of hydrogen-bond acceptors (Lipinski definition) is 3. The van der Waals surface area contributed by atoms with Gasteiger partial charge < -0.3 is 15.6 Å². The minimum atomic E-state index is -1.02. The van der Waals surface area contributed by atoms with E-state index in [0.29, 0.717) is 18.9 Å². The molecule has 0 unspecified atom stereocenters. The summed E-state index contributed by atoms with van der Waals surface area (Å²) < 4.78 is 5.66. The standard InChI is InChI=1S/C14H21NO3/c1-10(2)8-12(13(15)14(16)17)18-9-11-6-4-3-5-7-11/h3-7,10,12-13H,8-9,15H2,1-2H3,(H,16,17)/t12-,13+/m1/s1. The lowest BCUT2D eigenvalue weighted by Gasteiger charge is -2.23. The first-order valence-electron chi connectivity index (χ1n) is 6.14. The lowest BCUT2D eigenvalue weighted by Crippen LogP contribution is -2.44. The Morgan fingerprint density at radius 3 is 2.44 bits per heavy atom. The molecule has 0 radical (unpaired) electrons. The minimum Gasteiger partial charge on any atom is -0.480 e. The van der Waals surface area contributed by atoms with Gasteiger partial charge in [0.2, 0.25) is 0 Å². The number of carboxylic acid groups (broad SMARTS) is 1. The molecule has 100 valence electrons. The maximum absolute atomic E-state index is 10.9. The Morgan fingerprint density at radius 1 is 1.33 bits per heavy atom. The van der Waals surface area contributed by atoms with Gasteiger partial charge in [0.15, 0.2) is 0 Å². The first-order chi connectivity index (χ1) is 8.50. The fourth-order valence-corrected chi connectivity index (χ4v) is 1.72. The van der Waals surface area contributed by atoms with E-state index >= 15 is 0 Å². The van der Waals surface area contributed by atoms with E-state index in [1.54, 1.807) is 0 Å². The van der Waals surface area contributed by atoms with Crippen LogP contribution in [0.3, 0.4) is 0 Å². The Morgan fingerprint density at radius 2 is 1.94 bits per heavy atom. The van der Waals surface area contributed by atoms with Crippen LogP contribution >= 0.6 is 0 Å². The highest BCUT2D eigenvalue weighted by Crippen LogP contribution is 2.14. The number of carboxylic acids is 1. The first kappa shape index (κ1) is 14.7. The van der Waals surface area contributed by atoms with Crippen molar-refractivity contribution in [1.82, 2.24) is 0 Å². The molecule has 4 heteroatoms. The molecule has 0 amide bonds. The summed E-state index contributed by atoms with van der Waals surface area (Å²) in [4.78, 5) is 10.9. The monoisotopic (exact) mass is 251 g/mol. The molecule has 0 heterocycles. The van der Waals surface area contributed by atoms with Gasteiger partial charge >= 0.3 is 5.97 Å². The second-order valence-electron chi connectivity index (χ2n) is 4.83. The predicted molar refractivity (Wildman–Crippen MR) is 70.1 cm³/mol. The Hall–Kier alpha value is -1.39. The number of carbonyl (C=O) groups is 1. The number of aliphatic carboxylic acids is 1. The van der Waals surface area contributed by atoms with Crippen molar-refractivity contribution in [3.63, 3.8) is 0 Å². The molecule has 1 aromatic rings. The van der Waals surface area contributed by atoms with Crippen molar-refractivity contribution in [2.24, 2.45) is 11.7 Å². The van der Waals surface area contributed by atoms with Crippen molar-refractivity contribution < 1.29 is 14.6 Å². The summed E-state index contributed by atoms with van der Waals surface area (Å²) in [6, 6.07) is 8.69. The number of nitrogens with two attached hydrogens (primary N) is 1. The van der Waals surface area contributed by atoms with Gasteiger partial charge in [0.05, 0.1) is 12.7 Å². The third kappa shape index (κ3) is 4.85. The van der Waals surface area contributed by atoms with Crippen molar-refractivity contribution in [3.05, 3.63) is 35.9 Å². The van der Waals surface area contributed by atoms with Gasteiger partial charge in [0, 0.05) is 0 Å². The lowest BCUT2D eigenvalue weighted by molar-refractivity contribution is -0.143. The van der Waals surface area contributed by atoms with E-state index in [-0.39, 0.29) is 0 Å². The average Bonchev–Trinajstić information content (AvgIpc) is 2.34. The highest BCUT2D eigenvalue weighted by molar-refractivity contribution is 5.73. The number of hydrogen-bond donors (Lipinski definition) is 2. The van der Waals surface area contributed by atoms with E-state index in [0.717, 1.165) is 5.56 Å². The van der Waals surface area contributed by atoms with Gasteiger partial charge in [-0.1, -0.05) is 44.2 Å². The van der Waals surface area contributed by atoms with E-state index in [4.69, 9.17) is 15.6 Å². The summed E-state index contributed by atoms with van der Waals surface area (Å²) in [5.74, 6) is -0.676. The molecule has 0 aliphatic heterocycles. The molecule has 2 atom stereocenters. The highest BCUT2D eigenvalue weighted by Gasteiger charge is 2.25. The first-order valence-corrected chi connectivity index (χ1v) is 6.14. The zero-order valence-corrected chi connectivity index (χ0v) is 10.9. The van der Waals surface area contributed by atoms with Crippen molar-refractivity contribution in [1.29, 1.82) is 0 Å². The van der Waals surface area contributed by atoms with Crippen LogP contribution in [0.5, 0.6) is 0 Å². The normalized spacial score (nSPS) is 14.4. The van der Waals surface area contributed by atoms with Crippen LogP contribution < -0.4 is 5.73 Å². The van der Waals surface area contributed by atoms with Crippen molar-refractivity contribution in [2.45, 2.75) is 39.0 Å². The van der Waals surface area contributed by atoms with Crippen molar-refractivity contribution in [2.75, 3.05) is 0 Å². The molecule has 4 nitrogen and oxygen atoms in total. The molecule has 0 aromatic heterocycles. The maximum atomic E-state index is 10.9. The third-order valence-electron chi connectivity index (χ3n) is 2.70. The second kappa shape index (κ2) is 7.13. The largest absolute Gasteiger partial charge is 0.480 e. The molecule has 0 spiro atoms. The zero-order chi connectivity index (χ0) is 13.5. The topological polar surface area (TPSA) is 72.5 Å². The molecule has 3 N–H and O–H groups in total. The van der Waals surface area contributed by atoms with Crippen molar-refractivity contribution in [3.8, 4) is 0 Å². The second-order valence-corrected chi connectivity index (χ2v) is 4.83. The molecule has 0 bridgehead atoms. The van der Waals surface area contributed by atoms with Gasteiger partial charge in [-0.3, -0.25) is 4.79 Å². The van der Waals surface area contributed by atoms with Crippen LogP contribution in [0.1, 0.15) is 25.8 Å². The van der Waals surface area contributed by atoms with Gasteiger partial charge in [-0.2, -0.15) is 0 Å². The zero-order valence-electron chi connectivity index (χ0n) is 10.9. The summed E-state index contributed by atoms with van der Waals surface area (Å²) in [5, 5.41) is 8.96. The van der Waals surface area contributed by atoms with E-state index in [1.807, 2.05) is 44.2 Å². The molecule has 18 heavy (non-hydrogen) atoms. The quantitative estimate of drug-likeness (QED) is 0.777. The Bertz CT molecular complexity index is 365. The van der Waals surface area contributed by atoms with Crippen LogP contribution in [0, 0.1) is 5.92 Å². The molecular weight excluding hydrogens is 230 g/mol. The molecule has 0 fully saturated rings. The highest BCUT2D eigenvalue weighted by atomic mass is 16.5. The Balaban J connectivity index is 2.58. The summed E-state index contributed by atoms with van der Waals surface area (Å²) >= 11 is 0. The van der Waals surface area contributed by atoms with Crippen LogP contribution in [-0.4, -0.2) is 23.2 Å². The Labute approximate surface area is 108 Å².